The van der Waals surface area contributed by atoms with Crippen LogP contribution in [0.3, 0.4) is 0 Å². The van der Waals surface area contributed by atoms with E-state index < -0.39 is 23.8 Å². The third-order valence-electron chi connectivity index (χ3n) is 5.63. The first-order valence-electron chi connectivity index (χ1n) is 11.2. The Balaban J connectivity index is 1.45. The number of nitrogens with zero attached hydrogens (tertiary/aromatic N) is 1. The minimum absolute atomic E-state index is 0.221. The molecule has 2 N–H and O–H groups in total. The molecule has 11 heteroatoms. The van der Waals surface area contributed by atoms with Crippen LogP contribution < -0.4 is 15.5 Å². The lowest BCUT2D eigenvalue weighted by Crippen LogP contribution is -2.33. The first-order valence-corrected chi connectivity index (χ1v) is 12.4. The normalized spacial score (nSPS) is 12.5. The van der Waals surface area contributed by atoms with Gasteiger partial charge in [-0.1, -0.05) is 23.7 Å². The maximum absolute atomic E-state index is 12.5. The van der Waals surface area contributed by atoms with Gasteiger partial charge in [0.1, 0.15) is 10.8 Å². The molecule has 2 aromatic carbocycles. The fourth-order valence-corrected chi connectivity index (χ4v) is 5.21. The summed E-state index contributed by atoms with van der Waals surface area (Å²) in [4.78, 5) is 50.7. The van der Waals surface area contributed by atoms with Gasteiger partial charge < -0.3 is 14.8 Å². The van der Waals surface area contributed by atoms with Crippen molar-refractivity contribution in [1.29, 1.82) is 0 Å². The Morgan fingerprint density at radius 1 is 0.973 bits per heavy atom. The number of nitrogens with one attached hydrogen (secondary N) is 2. The van der Waals surface area contributed by atoms with Crippen LogP contribution in [0, 0.1) is 0 Å². The summed E-state index contributed by atoms with van der Waals surface area (Å²) in [6.07, 6.45) is 2.44. The summed E-state index contributed by atoms with van der Waals surface area (Å²) in [5, 5.41) is 7.25. The number of amides is 2. The van der Waals surface area contributed by atoms with E-state index in [9.17, 15) is 19.2 Å². The molecule has 1 aliphatic carbocycles. The maximum Gasteiger partial charge on any atom is 0.343 e. The van der Waals surface area contributed by atoms with E-state index in [-0.39, 0.29) is 16.3 Å². The highest BCUT2D eigenvalue weighted by molar-refractivity contribution is 7.17. The second kappa shape index (κ2) is 11.4. The molecule has 3 aromatic rings. The lowest BCUT2D eigenvalue weighted by atomic mass is 10.1. The highest BCUT2D eigenvalue weighted by Gasteiger charge is 2.29. The summed E-state index contributed by atoms with van der Waals surface area (Å²) in [5.41, 5.74) is 4.39. The van der Waals surface area contributed by atoms with Crippen molar-refractivity contribution < 1.29 is 28.7 Å². The molecular formula is C26H22ClN3O6S. The zero-order chi connectivity index (χ0) is 26.5. The van der Waals surface area contributed by atoms with Crippen molar-refractivity contribution in [1.82, 2.24) is 5.43 Å². The number of hydrazone groups is 1. The first kappa shape index (κ1) is 26.1. The van der Waals surface area contributed by atoms with Crippen molar-refractivity contribution in [3.05, 3.63) is 80.7 Å². The van der Waals surface area contributed by atoms with Crippen molar-refractivity contribution in [2.75, 3.05) is 12.4 Å². The van der Waals surface area contributed by atoms with Crippen LogP contribution in [0.5, 0.6) is 5.75 Å². The summed E-state index contributed by atoms with van der Waals surface area (Å²) in [6.45, 7) is 1.59. The van der Waals surface area contributed by atoms with Gasteiger partial charge in [0, 0.05) is 15.5 Å². The van der Waals surface area contributed by atoms with Crippen molar-refractivity contribution in [3.8, 4) is 5.75 Å². The molecule has 1 aliphatic rings. The highest BCUT2D eigenvalue weighted by atomic mass is 35.5. The van der Waals surface area contributed by atoms with Crippen LogP contribution in [0.25, 0.3) is 0 Å². The molecule has 2 amide bonds. The van der Waals surface area contributed by atoms with E-state index >= 15 is 0 Å². The molecule has 1 aromatic heterocycles. The summed E-state index contributed by atoms with van der Waals surface area (Å²) in [7, 11) is 1.27. The Morgan fingerprint density at radius 3 is 2.43 bits per heavy atom. The number of para-hydroxylation sites is 1. The smallest absolute Gasteiger partial charge is 0.343 e. The fraction of sp³-hybridized carbons (Fsp3) is 0.192. The molecule has 9 nitrogen and oxygen atoms in total. The molecule has 190 valence electrons. The van der Waals surface area contributed by atoms with Gasteiger partial charge in [0.25, 0.3) is 0 Å². The lowest BCUT2D eigenvalue weighted by Gasteiger charge is -2.10. The van der Waals surface area contributed by atoms with Gasteiger partial charge in [-0.15, -0.1) is 11.3 Å². The van der Waals surface area contributed by atoms with Gasteiger partial charge in [0.05, 0.1) is 23.9 Å². The van der Waals surface area contributed by atoms with E-state index in [0.717, 1.165) is 23.3 Å². The molecule has 0 aliphatic heterocycles. The number of anilines is 1. The SMILES string of the molecule is COC(=O)c1c(NC(=O)C(=O)N/N=C(\C)c2ccccc2OC(=O)c2ccc(Cl)cc2)sc2c1CCC2. The molecule has 1 heterocycles. The van der Waals surface area contributed by atoms with Crippen LogP contribution in [0.2, 0.25) is 5.02 Å². The molecule has 0 bridgehead atoms. The Hall–Kier alpha value is -4.02. The van der Waals surface area contributed by atoms with Crippen molar-refractivity contribution in [3.63, 3.8) is 0 Å². The zero-order valence-corrected chi connectivity index (χ0v) is 21.5. The third kappa shape index (κ3) is 5.87. The summed E-state index contributed by atoms with van der Waals surface area (Å²) in [6, 6.07) is 12.9. The van der Waals surface area contributed by atoms with Crippen LogP contribution in [0.1, 0.15) is 50.1 Å². The molecular weight excluding hydrogens is 518 g/mol. The zero-order valence-electron chi connectivity index (χ0n) is 19.9. The predicted octanol–water partition coefficient (Wildman–Crippen LogP) is 4.37. The van der Waals surface area contributed by atoms with Gasteiger partial charge in [0.2, 0.25) is 0 Å². The van der Waals surface area contributed by atoms with Crippen molar-refractivity contribution >= 4 is 57.4 Å². The second-order valence-electron chi connectivity index (χ2n) is 8.04. The number of benzene rings is 2. The number of hydrogen-bond donors (Lipinski definition) is 2. The topological polar surface area (TPSA) is 123 Å². The molecule has 0 spiro atoms. The molecule has 0 unspecified atom stereocenters. The number of fused-ring (bicyclic) bond motifs is 1. The number of aryl methyl sites for hydroxylation is 1. The van der Waals surface area contributed by atoms with Crippen LogP contribution in [0.4, 0.5) is 5.00 Å². The van der Waals surface area contributed by atoms with Gasteiger partial charge in [-0.05, 0) is 68.1 Å². The molecule has 0 radical (unpaired) electrons. The van der Waals surface area contributed by atoms with E-state index in [1.54, 1.807) is 55.5 Å². The van der Waals surface area contributed by atoms with E-state index in [1.165, 1.54) is 18.4 Å². The quantitative estimate of drug-likeness (QED) is 0.158. The van der Waals surface area contributed by atoms with E-state index in [4.69, 9.17) is 21.1 Å². The number of rotatable bonds is 6. The van der Waals surface area contributed by atoms with Gasteiger partial charge in [-0.25, -0.2) is 15.0 Å². The highest BCUT2D eigenvalue weighted by Crippen LogP contribution is 2.39. The largest absolute Gasteiger partial charge is 0.465 e. The van der Waals surface area contributed by atoms with Crippen molar-refractivity contribution in [2.45, 2.75) is 26.2 Å². The van der Waals surface area contributed by atoms with Gasteiger partial charge in [-0.2, -0.15) is 5.10 Å². The van der Waals surface area contributed by atoms with Gasteiger partial charge in [0.15, 0.2) is 0 Å². The summed E-state index contributed by atoms with van der Waals surface area (Å²) < 4.78 is 10.4. The number of carbonyl (C=O) groups is 4. The molecule has 0 fully saturated rings. The Morgan fingerprint density at radius 2 is 1.70 bits per heavy atom. The van der Waals surface area contributed by atoms with Crippen molar-refractivity contribution in [2.24, 2.45) is 5.10 Å². The monoisotopic (exact) mass is 539 g/mol. The molecule has 0 saturated carbocycles. The Bertz CT molecular complexity index is 1410. The predicted molar refractivity (Wildman–Crippen MR) is 140 cm³/mol. The van der Waals surface area contributed by atoms with Crippen LogP contribution in [0.15, 0.2) is 53.6 Å². The maximum atomic E-state index is 12.5. The van der Waals surface area contributed by atoms with Gasteiger partial charge in [-0.3, -0.25) is 9.59 Å². The second-order valence-corrected chi connectivity index (χ2v) is 9.58. The first-order chi connectivity index (χ1) is 17.8. The number of halogens is 1. The average Bonchev–Trinajstić information content (AvgIpc) is 3.48. The molecule has 4 rings (SSSR count). The number of methoxy groups -OCH3 is 1. The fourth-order valence-electron chi connectivity index (χ4n) is 3.82. The van der Waals surface area contributed by atoms with Crippen LogP contribution in [-0.2, 0) is 27.2 Å². The van der Waals surface area contributed by atoms with Gasteiger partial charge >= 0.3 is 23.8 Å². The minimum atomic E-state index is -1.03. The van der Waals surface area contributed by atoms with Crippen LogP contribution in [-0.4, -0.2) is 36.6 Å². The number of hydrogen-bond acceptors (Lipinski definition) is 8. The summed E-state index contributed by atoms with van der Waals surface area (Å²) in [5.74, 6) is -2.94. The third-order valence-corrected chi connectivity index (χ3v) is 7.09. The number of ether oxygens (including phenoxy) is 2. The van der Waals surface area contributed by atoms with E-state index in [0.29, 0.717) is 28.3 Å². The average molecular weight is 540 g/mol. The Labute approximate surface area is 221 Å². The Kier molecular flexibility index (Phi) is 8.00. The minimum Gasteiger partial charge on any atom is -0.465 e. The standard InChI is InChI=1S/C26H22ClN3O6S/c1-14(17-6-3-4-8-19(17)36-25(33)15-10-12-16(27)13-11-15)29-30-23(32)22(31)28-24-21(26(34)35-2)18-7-5-9-20(18)37-24/h3-4,6,8,10-13H,5,7,9H2,1-2H3,(H,28,31)(H,30,32)/b29-14+. The number of carbonyl (C=O) groups excluding carboxylic acids is 4. The van der Waals surface area contributed by atoms with E-state index in [1.807, 2.05) is 0 Å². The molecule has 0 saturated heterocycles. The van der Waals surface area contributed by atoms with E-state index in [2.05, 4.69) is 15.8 Å². The number of esters is 2. The molecule has 37 heavy (non-hydrogen) atoms. The lowest BCUT2D eigenvalue weighted by molar-refractivity contribution is -0.136. The summed E-state index contributed by atoms with van der Waals surface area (Å²) >= 11 is 7.13. The molecule has 0 atom stereocenters. The number of thiophene rings is 1. The van der Waals surface area contributed by atoms with Crippen LogP contribution >= 0.6 is 22.9 Å².